The maximum Gasteiger partial charge on any atom is 0.249 e. The second kappa shape index (κ2) is 18.1. The van der Waals surface area contributed by atoms with Crippen LogP contribution in [0.25, 0.3) is 0 Å². The van der Waals surface area contributed by atoms with Crippen LogP contribution in [0, 0.1) is 0 Å². The minimum absolute atomic E-state index is 0.0727. The molecule has 0 radical (unpaired) electrons. The minimum Gasteiger partial charge on any atom is -0.374 e. The van der Waals surface area contributed by atoms with Crippen molar-refractivity contribution < 1.29 is 52.2 Å². The Balaban J connectivity index is 1.20. The molecule has 4 fully saturated rings. The van der Waals surface area contributed by atoms with Gasteiger partial charge in [0.05, 0.1) is 33.0 Å². The number of fused-ring (bicyclic) bond motifs is 3. The van der Waals surface area contributed by atoms with Crippen LogP contribution >= 0.6 is 0 Å². The highest BCUT2D eigenvalue weighted by Gasteiger charge is 2.57. The van der Waals surface area contributed by atoms with Gasteiger partial charge in [0.25, 0.3) is 0 Å². The van der Waals surface area contributed by atoms with Crippen molar-refractivity contribution in [2.24, 2.45) is 0 Å². The predicted octanol–water partition coefficient (Wildman–Crippen LogP) is 3.72. The third-order valence-electron chi connectivity index (χ3n) is 9.81. The van der Waals surface area contributed by atoms with Gasteiger partial charge >= 0.3 is 0 Å². The molecule has 2 N–H and O–H groups in total. The van der Waals surface area contributed by atoms with Crippen molar-refractivity contribution in [2.45, 2.75) is 101 Å². The van der Waals surface area contributed by atoms with Crippen molar-refractivity contribution in [3.05, 3.63) is 120 Å². The van der Waals surface area contributed by atoms with Gasteiger partial charge in [-0.3, -0.25) is 9.59 Å². The van der Waals surface area contributed by atoms with Crippen molar-refractivity contribution >= 4 is 11.8 Å². The van der Waals surface area contributed by atoms with Crippen molar-refractivity contribution in [3.8, 4) is 0 Å². The minimum atomic E-state index is -1.06. The maximum atomic E-state index is 13.2. The molecule has 12 atom stereocenters. The lowest BCUT2D eigenvalue weighted by Gasteiger charge is -2.53. The molecule has 2 amide bonds. The summed E-state index contributed by atoms with van der Waals surface area (Å²) < 4.78 is 58.2. The summed E-state index contributed by atoms with van der Waals surface area (Å²) in [6.07, 6.45) is -6.17. The van der Waals surface area contributed by atoms with Crippen LogP contribution in [0.1, 0.15) is 36.8 Å². The molecule has 288 valence electrons. The SMILES string of the molecule is C=CCO[C@@H]1O[C@H](COCc2ccccc2)[C@@H](O[C@@H]2O[C@@H]3CO[C@@H](c4ccccc4)O[C@H]3[C@@H]3O[C@H](C)C(=O)N[C@@H]23)[C@H](OCc2ccccc2)[C@H]1NC(C)=O. The van der Waals surface area contributed by atoms with E-state index in [0.717, 1.165) is 16.7 Å². The molecule has 4 saturated heterocycles. The van der Waals surface area contributed by atoms with Crippen molar-refractivity contribution in [2.75, 3.05) is 19.8 Å². The second-order valence-electron chi connectivity index (χ2n) is 13.8. The third kappa shape index (κ3) is 9.08. The van der Waals surface area contributed by atoms with Gasteiger partial charge < -0.3 is 53.3 Å². The van der Waals surface area contributed by atoms with Crippen molar-refractivity contribution in [1.82, 2.24) is 10.6 Å². The number of hydrogen-bond acceptors (Lipinski definition) is 11. The lowest BCUT2D eigenvalue weighted by molar-refractivity contribution is -0.374. The zero-order valence-electron chi connectivity index (χ0n) is 30.4. The standard InChI is InChI=1S/C41H48N2O11/c1-4-20-47-40-32(42-26(3)44)36(48-22-28-16-10-6-11-17-28)34(30(51-40)23-46-21-27-14-8-5-9-15-27)54-41-33-37(50-25(2)38(45)43-33)35-31(52-41)24-49-39(53-35)29-18-12-7-13-19-29/h4-19,25,30-37,39-41H,1,20-24H2,2-3H3,(H,42,44)(H,43,45)/t25-,30-,31-,32-,33-,34-,35-,36-,37-,39-,40-,41+/m1/s1. The molecule has 3 aromatic rings. The average Bonchev–Trinajstić information content (AvgIpc) is 3.19. The van der Waals surface area contributed by atoms with Gasteiger partial charge in [0.2, 0.25) is 11.8 Å². The predicted molar refractivity (Wildman–Crippen MR) is 193 cm³/mol. The number of ether oxygens (including phenoxy) is 9. The highest BCUT2D eigenvalue weighted by Crippen LogP contribution is 2.39. The van der Waals surface area contributed by atoms with Gasteiger partial charge in [-0.05, 0) is 18.1 Å². The number of nitrogens with one attached hydrogen (secondary N) is 2. The highest BCUT2D eigenvalue weighted by molar-refractivity contribution is 5.81. The lowest BCUT2D eigenvalue weighted by Crippen LogP contribution is -2.73. The van der Waals surface area contributed by atoms with Crippen molar-refractivity contribution in [1.29, 1.82) is 0 Å². The van der Waals surface area contributed by atoms with E-state index in [9.17, 15) is 9.59 Å². The molecule has 4 aliphatic heterocycles. The van der Waals surface area contributed by atoms with E-state index in [-0.39, 0.29) is 38.2 Å². The van der Waals surface area contributed by atoms with Gasteiger partial charge in [0.15, 0.2) is 18.9 Å². The van der Waals surface area contributed by atoms with Gasteiger partial charge in [-0.25, -0.2) is 0 Å². The fourth-order valence-electron chi connectivity index (χ4n) is 7.24. The van der Waals surface area contributed by atoms with E-state index in [4.69, 9.17) is 42.6 Å². The molecule has 54 heavy (non-hydrogen) atoms. The smallest absolute Gasteiger partial charge is 0.249 e. The van der Waals surface area contributed by atoms with Crippen LogP contribution in [0.15, 0.2) is 104 Å². The summed E-state index contributed by atoms with van der Waals surface area (Å²) in [5.41, 5.74) is 2.74. The quantitative estimate of drug-likeness (QED) is 0.234. The lowest BCUT2D eigenvalue weighted by atomic mass is 9.92. The van der Waals surface area contributed by atoms with Crippen LogP contribution < -0.4 is 10.6 Å². The molecule has 4 heterocycles. The second-order valence-corrected chi connectivity index (χ2v) is 13.8. The zero-order chi connectivity index (χ0) is 37.4. The fraction of sp³-hybridized carbons (Fsp3) is 0.463. The van der Waals surface area contributed by atoms with Crippen LogP contribution in [0.4, 0.5) is 0 Å². The number of hydrogen-bond donors (Lipinski definition) is 2. The van der Waals surface area contributed by atoms with Gasteiger partial charge in [-0.1, -0.05) is 97.1 Å². The van der Waals surface area contributed by atoms with E-state index in [1.54, 1.807) is 13.0 Å². The largest absolute Gasteiger partial charge is 0.374 e. The Bertz CT molecular complexity index is 1670. The number of morpholine rings is 1. The number of benzene rings is 3. The third-order valence-corrected chi connectivity index (χ3v) is 9.81. The van der Waals surface area contributed by atoms with E-state index in [0.29, 0.717) is 6.61 Å². The fourth-order valence-corrected chi connectivity index (χ4v) is 7.24. The summed E-state index contributed by atoms with van der Waals surface area (Å²) in [5, 5.41) is 6.06. The Morgan fingerprint density at radius 1 is 0.852 bits per heavy atom. The normalized spacial score (nSPS) is 33.5. The van der Waals surface area contributed by atoms with Gasteiger partial charge in [0, 0.05) is 12.5 Å². The zero-order valence-corrected chi connectivity index (χ0v) is 30.4. The van der Waals surface area contributed by atoms with Gasteiger partial charge in [-0.15, -0.1) is 6.58 Å². The Kier molecular flexibility index (Phi) is 12.8. The van der Waals surface area contributed by atoms with Crippen LogP contribution in [0.5, 0.6) is 0 Å². The summed E-state index contributed by atoms with van der Waals surface area (Å²) in [5.74, 6) is -0.628. The van der Waals surface area contributed by atoms with Crippen LogP contribution in [0.3, 0.4) is 0 Å². The summed E-state index contributed by atoms with van der Waals surface area (Å²) in [6, 6.07) is 27.5. The van der Waals surface area contributed by atoms with Crippen LogP contribution in [-0.4, -0.2) is 99.0 Å². The molecule has 0 saturated carbocycles. The average molecular weight is 745 g/mol. The van der Waals surface area contributed by atoms with Crippen LogP contribution in [0.2, 0.25) is 0 Å². The number of carbonyl (C=O) groups excluding carboxylic acids is 2. The number of amides is 2. The highest BCUT2D eigenvalue weighted by atomic mass is 16.8. The first-order valence-electron chi connectivity index (χ1n) is 18.4. The van der Waals surface area contributed by atoms with E-state index < -0.39 is 73.7 Å². The summed E-state index contributed by atoms with van der Waals surface area (Å²) in [4.78, 5) is 25.9. The van der Waals surface area contributed by atoms with Gasteiger partial charge in [0.1, 0.15) is 54.8 Å². The molecule has 7 rings (SSSR count). The summed E-state index contributed by atoms with van der Waals surface area (Å²) >= 11 is 0. The van der Waals surface area contributed by atoms with E-state index in [1.165, 1.54) is 6.92 Å². The molecule has 4 aliphatic rings. The maximum absolute atomic E-state index is 13.2. The number of carbonyl (C=O) groups is 2. The summed E-state index contributed by atoms with van der Waals surface area (Å²) in [6.45, 7) is 7.82. The molecule has 0 aromatic heterocycles. The molecular weight excluding hydrogens is 696 g/mol. The Morgan fingerprint density at radius 3 is 2.22 bits per heavy atom. The molecular formula is C41H48N2O11. The topological polar surface area (TPSA) is 141 Å². The first-order chi connectivity index (χ1) is 26.4. The van der Waals surface area contributed by atoms with E-state index >= 15 is 0 Å². The number of rotatable bonds is 14. The molecule has 13 heteroatoms. The Morgan fingerprint density at radius 2 is 1.54 bits per heavy atom. The molecule has 0 spiro atoms. The Hall–Kier alpha value is -4.02. The Labute approximate surface area is 315 Å². The monoisotopic (exact) mass is 744 g/mol. The van der Waals surface area contributed by atoms with Crippen LogP contribution in [-0.2, 0) is 65.4 Å². The van der Waals surface area contributed by atoms with E-state index in [2.05, 4.69) is 17.2 Å². The molecule has 3 aromatic carbocycles. The van der Waals surface area contributed by atoms with Gasteiger partial charge in [-0.2, -0.15) is 0 Å². The molecule has 0 unspecified atom stereocenters. The van der Waals surface area contributed by atoms with E-state index in [1.807, 2.05) is 91.0 Å². The van der Waals surface area contributed by atoms with Crippen molar-refractivity contribution in [3.63, 3.8) is 0 Å². The first-order valence-corrected chi connectivity index (χ1v) is 18.4. The molecule has 13 nitrogen and oxygen atoms in total. The first kappa shape index (κ1) is 38.3. The summed E-state index contributed by atoms with van der Waals surface area (Å²) in [7, 11) is 0. The molecule has 0 bridgehead atoms. The molecule has 0 aliphatic carbocycles.